The minimum absolute atomic E-state index is 0.0916. The molecule has 0 amide bonds. The molecule has 0 unspecified atom stereocenters. The van der Waals surface area contributed by atoms with E-state index >= 15 is 0 Å². The molecular formula is C24H28N2O6S. The molecule has 3 rings (SSSR count). The van der Waals surface area contributed by atoms with Crippen LogP contribution in [0.3, 0.4) is 0 Å². The molecule has 0 saturated heterocycles. The Hall–Kier alpha value is -3.01. The maximum atomic E-state index is 12.1. The van der Waals surface area contributed by atoms with Gasteiger partial charge in [-0.2, -0.15) is 5.10 Å². The number of rotatable bonds is 8. The van der Waals surface area contributed by atoms with Crippen molar-refractivity contribution in [2.45, 2.75) is 44.4 Å². The number of benzene rings is 2. The van der Waals surface area contributed by atoms with Crippen molar-refractivity contribution >= 4 is 15.8 Å². The maximum Gasteiger partial charge on any atom is 0.327 e. The summed E-state index contributed by atoms with van der Waals surface area (Å²) in [5.74, 6) is -0.432. The van der Waals surface area contributed by atoms with Crippen LogP contribution in [0.2, 0.25) is 0 Å². The fourth-order valence-electron chi connectivity index (χ4n) is 3.44. The first kappa shape index (κ1) is 24.6. The number of carbonyl (C=O) groups is 1. The van der Waals surface area contributed by atoms with Crippen molar-refractivity contribution in [1.82, 2.24) is 9.78 Å². The molecule has 0 radical (unpaired) electrons. The summed E-state index contributed by atoms with van der Waals surface area (Å²) in [5.41, 5.74) is 2.46. The molecule has 176 valence electrons. The highest BCUT2D eigenvalue weighted by Crippen LogP contribution is 2.30. The Morgan fingerprint density at radius 3 is 2.21 bits per heavy atom. The van der Waals surface area contributed by atoms with Gasteiger partial charge in [-0.05, 0) is 55.2 Å². The lowest BCUT2D eigenvalue weighted by molar-refractivity contribution is -0.144. The molecule has 0 aliphatic heterocycles. The lowest BCUT2D eigenvalue weighted by Gasteiger charge is -2.12. The van der Waals surface area contributed by atoms with Gasteiger partial charge in [0.1, 0.15) is 12.1 Å². The first-order valence-corrected chi connectivity index (χ1v) is 12.3. The number of hydrogen-bond donors (Lipinski definition) is 2. The van der Waals surface area contributed by atoms with Crippen molar-refractivity contribution in [2.75, 3.05) is 12.9 Å². The van der Waals surface area contributed by atoms with Crippen LogP contribution in [0.15, 0.2) is 53.4 Å². The second-order valence-corrected chi connectivity index (χ2v) is 10.3. The van der Waals surface area contributed by atoms with Gasteiger partial charge in [-0.25, -0.2) is 8.42 Å². The molecule has 0 aliphatic carbocycles. The minimum Gasteiger partial charge on any atom is -0.465 e. The van der Waals surface area contributed by atoms with Crippen LogP contribution < -0.4 is 0 Å². The van der Waals surface area contributed by atoms with Gasteiger partial charge in [-0.3, -0.25) is 9.48 Å². The SMILES string of the molecule is CCOC(=O)Cn1nc(C(C)(C)O)cc1-c1ccc(-c2ccc(CO)c(S(C)(=O)=O)c2)cc1. The van der Waals surface area contributed by atoms with E-state index in [0.717, 1.165) is 17.4 Å². The van der Waals surface area contributed by atoms with Gasteiger partial charge in [0.05, 0.1) is 29.5 Å². The standard InChI is InChI=1S/C24H28N2O6S/c1-5-32-23(28)14-26-20(13-22(25-26)24(2,3)29)17-8-6-16(7-9-17)18-10-11-19(15-27)21(12-18)33(4,30)31/h6-13,27,29H,5,14-15H2,1-4H3. The third kappa shape index (κ3) is 5.68. The van der Waals surface area contributed by atoms with Gasteiger partial charge in [0, 0.05) is 6.26 Å². The van der Waals surface area contributed by atoms with Crippen molar-refractivity contribution in [3.63, 3.8) is 0 Å². The summed E-state index contributed by atoms with van der Waals surface area (Å²) in [6, 6.07) is 14.0. The highest BCUT2D eigenvalue weighted by atomic mass is 32.2. The lowest BCUT2D eigenvalue weighted by Crippen LogP contribution is -2.19. The van der Waals surface area contributed by atoms with Crippen LogP contribution in [0.1, 0.15) is 32.0 Å². The Kier molecular flexibility index (Phi) is 7.06. The van der Waals surface area contributed by atoms with Crippen molar-refractivity contribution in [1.29, 1.82) is 0 Å². The Bertz CT molecular complexity index is 1260. The monoisotopic (exact) mass is 472 g/mol. The molecule has 3 aromatic rings. The van der Waals surface area contributed by atoms with Crippen molar-refractivity contribution in [3.05, 3.63) is 59.8 Å². The number of aliphatic hydroxyl groups is 2. The number of carbonyl (C=O) groups excluding carboxylic acids is 1. The minimum atomic E-state index is -3.50. The maximum absolute atomic E-state index is 12.1. The normalized spacial score (nSPS) is 12.1. The fraction of sp³-hybridized carbons (Fsp3) is 0.333. The summed E-state index contributed by atoms with van der Waals surface area (Å²) in [6.07, 6.45) is 1.11. The second-order valence-electron chi connectivity index (χ2n) is 8.27. The first-order chi connectivity index (χ1) is 15.4. The summed E-state index contributed by atoms with van der Waals surface area (Å²) in [5, 5.41) is 24.2. The topological polar surface area (TPSA) is 119 Å². The fourth-order valence-corrected chi connectivity index (χ4v) is 4.39. The van der Waals surface area contributed by atoms with E-state index in [1.165, 1.54) is 4.68 Å². The van der Waals surface area contributed by atoms with E-state index in [1.807, 2.05) is 24.3 Å². The molecule has 0 atom stereocenters. The molecule has 0 fully saturated rings. The summed E-state index contributed by atoms with van der Waals surface area (Å²) in [6.45, 7) is 4.76. The van der Waals surface area contributed by atoms with Gasteiger partial charge in [-0.1, -0.05) is 36.4 Å². The van der Waals surface area contributed by atoms with E-state index in [9.17, 15) is 23.4 Å². The molecule has 1 heterocycles. The Morgan fingerprint density at radius 2 is 1.67 bits per heavy atom. The summed E-state index contributed by atoms with van der Waals surface area (Å²) in [7, 11) is -3.50. The van der Waals surface area contributed by atoms with Gasteiger partial charge < -0.3 is 14.9 Å². The van der Waals surface area contributed by atoms with E-state index in [4.69, 9.17) is 4.74 Å². The Morgan fingerprint density at radius 1 is 1.06 bits per heavy atom. The zero-order chi connectivity index (χ0) is 24.4. The Labute approximate surface area is 193 Å². The Balaban J connectivity index is 2.01. The predicted molar refractivity (Wildman–Crippen MR) is 124 cm³/mol. The third-order valence-electron chi connectivity index (χ3n) is 5.14. The van der Waals surface area contributed by atoms with Gasteiger partial charge in [0.15, 0.2) is 9.84 Å². The van der Waals surface area contributed by atoms with E-state index in [0.29, 0.717) is 22.5 Å². The summed E-state index contributed by atoms with van der Waals surface area (Å²) >= 11 is 0. The molecule has 8 nitrogen and oxygen atoms in total. The molecule has 0 spiro atoms. The zero-order valence-electron chi connectivity index (χ0n) is 19.1. The van der Waals surface area contributed by atoms with Crippen LogP contribution in [0, 0.1) is 0 Å². The molecule has 0 saturated carbocycles. The van der Waals surface area contributed by atoms with E-state index < -0.39 is 21.4 Å². The number of esters is 1. The summed E-state index contributed by atoms with van der Waals surface area (Å²) < 4.78 is 30.8. The molecule has 33 heavy (non-hydrogen) atoms. The lowest BCUT2D eigenvalue weighted by atomic mass is 10.0. The first-order valence-electron chi connectivity index (χ1n) is 10.4. The van der Waals surface area contributed by atoms with E-state index in [2.05, 4.69) is 5.10 Å². The average Bonchev–Trinajstić information content (AvgIpc) is 3.17. The molecule has 2 aromatic carbocycles. The van der Waals surface area contributed by atoms with Gasteiger partial charge in [-0.15, -0.1) is 0 Å². The van der Waals surface area contributed by atoms with Crippen LogP contribution in [-0.4, -0.2) is 47.2 Å². The van der Waals surface area contributed by atoms with E-state index in [-0.39, 0.29) is 24.7 Å². The molecule has 1 aromatic heterocycles. The highest BCUT2D eigenvalue weighted by molar-refractivity contribution is 7.90. The second kappa shape index (κ2) is 9.46. The quantitative estimate of drug-likeness (QED) is 0.484. The number of hydrogen-bond acceptors (Lipinski definition) is 7. The number of sulfone groups is 1. The van der Waals surface area contributed by atoms with E-state index in [1.54, 1.807) is 45.0 Å². The van der Waals surface area contributed by atoms with Crippen molar-refractivity contribution in [3.8, 4) is 22.4 Å². The summed E-state index contributed by atoms with van der Waals surface area (Å²) in [4.78, 5) is 12.1. The van der Waals surface area contributed by atoms with Gasteiger partial charge >= 0.3 is 5.97 Å². The van der Waals surface area contributed by atoms with Crippen LogP contribution in [-0.2, 0) is 38.1 Å². The predicted octanol–water partition coefficient (Wildman–Crippen LogP) is 2.90. The van der Waals surface area contributed by atoms with Crippen LogP contribution in [0.5, 0.6) is 0 Å². The van der Waals surface area contributed by atoms with Crippen molar-refractivity contribution < 1.29 is 28.2 Å². The van der Waals surface area contributed by atoms with Gasteiger partial charge in [0.25, 0.3) is 0 Å². The van der Waals surface area contributed by atoms with Crippen molar-refractivity contribution in [2.24, 2.45) is 0 Å². The third-order valence-corrected chi connectivity index (χ3v) is 6.32. The highest BCUT2D eigenvalue weighted by Gasteiger charge is 2.23. The zero-order valence-corrected chi connectivity index (χ0v) is 19.9. The van der Waals surface area contributed by atoms with Crippen LogP contribution in [0.4, 0.5) is 0 Å². The molecule has 2 N–H and O–H groups in total. The molecule has 0 bridgehead atoms. The number of aliphatic hydroxyl groups excluding tert-OH is 1. The van der Waals surface area contributed by atoms with Gasteiger partial charge in [0.2, 0.25) is 0 Å². The smallest absolute Gasteiger partial charge is 0.327 e. The number of aromatic nitrogens is 2. The molecular weight excluding hydrogens is 444 g/mol. The van der Waals surface area contributed by atoms with Crippen LogP contribution >= 0.6 is 0 Å². The number of ether oxygens (including phenoxy) is 1. The average molecular weight is 473 g/mol. The molecule has 9 heteroatoms. The largest absolute Gasteiger partial charge is 0.465 e. The molecule has 0 aliphatic rings. The number of nitrogens with zero attached hydrogens (tertiary/aromatic N) is 2. The van der Waals surface area contributed by atoms with Crippen LogP contribution in [0.25, 0.3) is 22.4 Å².